The summed E-state index contributed by atoms with van der Waals surface area (Å²) in [5.41, 5.74) is 3.94. The van der Waals surface area contributed by atoms with Crippen LogP contribution >= 0.6 is 15.9 Å². The number of aliphatic imine (C=N–C) groups is 1. The Kier molecular flexibility index (Phi) is 5.98. The van der Waals surface area contributed by atoms with Crippen LogP contribution in [0, 0.1) is 13.8 Å². The first kappa shape index (κ1) is 18.0. The van der Waals surface area contributed by atoms with Crippen LogP contribution in [-0.2, 0) is 4.79 Å². The highest BCUT2D eigenvalue weighted by atomic mass is 79.9. The van der Waals surface area contributed by atoms with Gasteiger partial charge in [-0.25, -0.2) is 4.79 Å². The standard InChI is InChI=1S/C18H18BrNO4/c1-11-4-5-12(2)15(6-11)20-9-13-7-14(19)18(16(8-13)23-3)24-10-17(21)22/h4-9H,10H2,1-3H3,(H,21,22). The third-order valence-electron chi connectivity index (χ3n) is 3.31. The van der Waals surface area contributed by atoms with Crippen LogP contribution in [0.15, 0.2) is 39.8 Å². The molecular formula is C18H18BrNO4. The van der Waals surface area contributed by atoms with Gasteiger partial charge in [0.1, 0.15) is 0 Å². The summed E-state index contributed by atoms with van der Waals surface area (Å²) < 4.78 is 11.1. The topological polar surface area (TPSA) is 68.1 Å². The molecule has 0 aliphatic heterocycles. The second-order valence-corrected chi connectivity index (χ2v) is 6.12. The molecule has 2 rings (SSSR count). The predicted molar refractivity (Wildman–Crippen MR) is 97.0 cm³/mol. The zero-order valence-corrected chi connectivity index (χ0v) is 15.3. The SMILES string of the molecule is COc1cc(C=Nc2cc(C)ccc2C)cc(Br)c1OCC(=O)O. The van der Waals surface area contributed by atoms with Crippen molar-refractivity contribution in [3.05, 3.63) is 51.5 Å². The van der Waals surface area contributed by atoms with Crippen molar-refractivity contribution in [3.63, 3.8) is 0 Å². The number of hydrogen-bond acceptors (Lipinski definition) is 4. The lowest BCUT2D eigenvalue weighted by Gasteiger charge is -2.12. The number of rotatable bonds is 6. The van der Waals surface area contributed by atoms with Crippen LogP contribution in [0.2, 0.25) is 0 Å². The van der Waals surface area contributed by atoms with Gasteiger partial charge in [0.2, 0.25) is 0 Å². The van der Waals surface area contributed by atoms with Crippen molar-refractivity contribution in [2.45, 2.75) is 13.8 Å². The molecule has 2 aromatic carbocycles. The van der Waals surface area contributed by atoms with Crippen LogP contribution in [0.4, 0.5) is 5.69 Å². The minimum Gasteiger partial charge on any atom is -0.493 e. The van der Waals surface area contributed by atoms with Crippen molar-refractivity contribution in [2.24, 2.45) is 4.99 Å². The molecule has 0 amide bonds. The molecule has 0 aromatic heterocycles. The molecule has 0 heterocycles. The van der Waals surface area contributed by atoms with Crippen LogP contribution < -0.4 is 9.47 Å². The van der Waals surface area contributed by atoms with Crippen LogP contribution in [-0.4, -0.2) is 31.0 Å². The summed E-state index contributed by atoms with van der Waals surface area (Å²) in [4.78, 5) is 15.2. The van der Waals surface area contributed by atoms with E-state index in [-0.39, 0.29) is 0 Å². The van der Waals surface area contributed by atoms with Gasteiger partial charge in [0.15, 0.2) is 18.1 Å². The average Bonchev–Trinajstić information content (AvgIpc) is 2.53. The molecule has 0 fully saturated rings. The smallest absolute Gasteiger partial charge is 0.341 e. The van der Waals surface area contributed by atoms with Gasteiger partial charge in [-0.05, 0) is 64.7 Å². The summed E-state index contributed by atoms with van der Waals surface area (Å²) in [6.07, 6.45) is 1.73. The van der Waals surface area contributed by atoms with E-state index in [9.17, 15) is 4.79 Å². The molecule has 0 unspecified atom stereocenters. The minimum atomic E-state index is -1.05. The normalized spacial score (nSPS) is 10.8. The molecule has 5 nitrogen and oxygen atoms in total. The summed E-state index contributed by atoms with van der Waals surface area (Å²) in [6.45, 7) is 3.59. The fourth-order valence-corrected chi connectivity index (χ4v) is 2.67. The minimum absolute atomic E-state index is 0.351. The van der Waals surface area contributed by atoms with Crippen LogP contribution in [0.3, 0.4) is 0 Å². The Bertz CT molecular complexity index is 787. The molecule has 6 heteroatoms. The average molecular weight is 392 g/mol. The number of aliphatic carboxylic acids is 1. The van der Waals surface area contributed by atoms with E-state index in [2.05, 4.69) is 20.9 Å². The molecule has 0 saturated carbocycles. The van der Waals surface area contributed by atoms with E-state index in [0.717, 1.165) is 22.4 Å². The van der Waals surface area contributed by atoms with Crippen LogP contribution in [0.1, 0.15) is 16.7 Å². The van der Waals surface area contributed by atoms with E-state index in [1.165, 1.54) is 7.11 Å². The zero-order valence-electron chi connectivity index (χ0n) is 13.7. The van der Waals surface area contributed by atoms with Gasteiger partial charge in [0.25, 0.3) is 0 Å². The summed E-state index contributed by atoms with van der Waals surface area (Å²) >= 11 is 3.38. The summed E-state index contributed by atoms with van der Waals surface area (Å²) in [7, 11) is 1.50. The quantitative estimate of drug-likeness (QED) is 0.745. The van der Waals surface area contributed by atoms with Crippen LogP contribution in [0.5, 0.6) is 11.5 Å². The lowest BCUT2D eigenvalue weighted by Crippen LogP contribution is -2.10. The molecule has 0 aliphatic rings. The van der Waals surface area contributed by atoms with Crippen molar-refractivity contribution in [1.82, 2.24) is 0 Å². The number of hydrogen-bond donors (Lipinski definition) is 1. The third kappa shape index (κ3) is 4.58. The molecule has 126 valence electrons. The summed E-state index contributed by atoms with van der Waals surface area (Å²) in [6, 6.07) is 9.64. The number of methoxy groups -OCH3 is 1. The van der Waals surface area contributed by atoms with E-state index in [0.29, 0.717) is 16.0 Å². The van der Waals surface area contributed by atoms with Gasteiger partial charge in [0.05, 0.1) is 17.3 Å². The highest BCUT2D eigenvalue weighted by Gasteiger charge is 2.12. The van der Waals surface area contributed by atoms with Crippen LogP contribution in [0.25, 0.3) is 0 Å². The monoisotopic (exact) mass is 391 g/mol. The Morgan fingerprint density at radius 1 is 1.29 bits per heavy atom. The first-order valence-corrected chi connectivity index (χ1v) is 8.03. The van der Waals surface area contributed by atoms with Gasteiger partial charge >= 0.3 is 5.97 Å². The summed E-state index contributed by atoms with van der Waals surface area (Å²) in [5.74, 6) is -0.263. The Balaban J connectivity index is 2.31. The van der Waals surface area contributed by atoms with E-state index in [1.807, 2.05) is 32.0 Å². The van der Waals surface area contributed by atoms with Crippen molar-refractivity contribution >= 4 is 33.8 Å². The lowest BCUT2D eigenvalue weighted by atomic mass is 10.1. The molecule has 0 bridgehead atoms. The van der Waals surface area contributed by atoms with Gasteiger partial charge in [0, 0.05) is 6.21 Å². The van der Waals surface area contributed by atoms with Gasteiger partial charge in [-0.2, -0.15) is 0 Å². The molecule has 1 N–H and O–H groups in total. The van der Waals surface area contributed by atoms with E-state index < -0.39 is 12.6 Å². The first-order chi connectivity index (χ1) is 11.4. The maximum Gasteiger partial charge on any atom is 0.341 e. The third-order valence-corrected chi connectivity index (χ3v) is 3.90. The number of halogens is 1. The number of carbonyl (C=O) groups is 1. The van der Waals surface area contributed by atoms with Crippen molar-refractivity contribution in [2.75, 3.05) is 13.7 Å². The largest absolute Gasteiger partial charge is 0.493 e. The molecule has 0 aliphatic carbocycles. The van der Waals surface area contributed by atoms with Gasteiger partial charge in [-0.1, -0.05) is 12.1 Å². The number of benzene rings is 2. The number of carboxylic acid groups (broad SMARTS) is 1. The maximum absolute atomic E-state index is 10.7. The second-order valence-electron chi connectivity index (χ2n) is 5.26. The number of carboxylic acids is 1. The van der Waals surface area contributed by atoms with Crippen molar-refractivity contribution in [3.8, 4) is 11.5 Å². The second kappa shape index (κ2) is 7.97. The summed E-state index contributed by atoms with van der Waals surface area (Å²) in [5, 5.41) is 8.74. The highest BCUT2D eigenvalue weighted by molar-refractivity contribution is 9.10. The van der Waals surface area contributed by atoms with Gasteiger partial charge < -0.3 is 14.6 Å². The van der Waals surface area contributed by atoms with Crippen molar-refractivity contribution < 1.29 is 19.4 Å². The molecule has 0 spiro atoms. The molecule has 0 saturated heterocycles. The molecule has 0 atom stereocenters. The molecule has 0 radical (unpaired) electrons. The number of nitrogens with zero attached hydrogens (tertiary/aromatic N) is 1. The Morgan fingerprint density at radius 3 is 2.71 bits per heavy atom. The van der Waals surface area contributed by atoms with E-state index >= 15 is 0 Å². The fraction of sp³-hybridized carbons (Fsp3) is 0.222. The zero-order chi connectivity index (χ0) is 17.7. The Hall–Kier alpha value is -2.34. The Labute approximate surface area is 149 Å². The Morgan fingerprint density at radius 2 is 2.04 bits per heavy atom. The van der Waals surface area contributed by atoms with Gasteiger partial charge in [-0.3, -0.25) is 4.99 Å². The maximum atomic E-state index is 10.7. The van der Waals surface area contributed by atoms with E-state index in [1.54, 1.807) is 18.3 Å². The predicted octanol–water partition coefficient (Wildman–Crippen LogP) is 4.29. The fourth-order valence-electron chi connectivity index (χ4n) is 2.09. The number of ether oxygens (including phenoxy) is 2. The molecule has 24 heavy (non-hydrogen) atoms. The molecular weight excluding hydrogens is 374 g/mol. The highest BCUT2D eigenvalue weighted by Crippen LogP contribution is 2.36. The molecule has 2 aromatic rings. The van der Waals surface area contributed by atoms with Gasteiger partial charge in [-0.15, -0.1) is 0 Å². The first-order valence-electron chi connectivity index (χ1n) is 7.24. The van der Waals surface area contributed by atoms with E-state index in [4.69, 9.17) is 14.6 Å². The number of aryl methyl sites for hydroxylation is 2. The van der Waals surface area contributed by atoms with Crippen molar-refractivity contribution in [1.29, 1.82) is 0 Å². The lowest BCUT2D eigenvalue weighted by molar-refractivity contribution is -0.139.